The molecule has 0 amide bonds. The van der Waals surface area contributed by atoms with Crippen LogP contribution < -0.4 is 0 Å². The molecule has 0 spiro atoms. The number of carbonyl (C=O) groups excluding carboxylic acids is 1. The van der Waals surface area contributed by atoms with Crippen molar-refractivity contribution in [3.8, 4) is 0 Å². The van der Waals surface area contributed by atoms with Crippen molar-refractivity contribution in [3.63, 3.8) is 0 Å². The molecule has 0 N–H and O–H groups in total. The van der Waals surface area contributed by atoms with Crippen LogP contribution in [0, 0.1) is 0 Å². The van der Waals surface area contributed by atoms with Crippen LogP contribution in [0.15, 0.2) is 29.4 Å². The normalized spacial score (nSPS) is 11.5. The Morgan fingerprint density at radius 1 is 1.40 bits per heavy atom. The van der Waals surface area contributed by atoms with Crippen molar-refractivity contribution in [1.29, 1.82) is 0 Å². The van der Waals surface area contributed by atoms with Crippen LogP contribution in [0.3, 0.4) is 0 Å². The number of fused-ring (bicyclic) bond motifs is 1. The third-order valence-electron chi connectivity index (χ3n) is 2.44. The van der Waals surface area contributed by atoms with Crippen molar-refractivity contribution in [2.24, 2.45) is 0 Å². The zero-order valence-corrected chi connectivity index (χ0v) is 11.9. The second-order valence-electron chi connectivity index (χ2n) is 4.36. The third-order valence-corrected chi connectivity index (χ3v) is 3.37. The minimum absolute atomic E-state index is 0.0474. The monoisotopic (exact) mass is 300 g/mol. The lowest BCUT2D eigenvalue weighted by Crippen LogP contribution is -2.13. The van der Waals surface area contributed by atoms with Crippen molar-refractivity contribution in [2.75, 3.05) is 5.75 Å². The molecule has 1 heterocycles. The van der Waals surface area contributed by atoms with Crippen LogP contribution in [0.25, 0.3) is 11.0 Å². The van der Waals surface area contributed by atoms with Gasteiger partial charge >= 0.3 is 12.5 Å². The lowest BCUT2D eigenvalue weighted by molar-refractivity contribution is -0.144. The fraction of sp³-hybridized carbons (Fsp3) is 0.385. The number of halogens is 2. The Morgan fingerprint density at radius 2 is 2.10 bits per heavy atom. The van der Waals surface area contributed by atoms with Gasteiger partial charge in [0.25, 0.3) is 0 Å². The smallest absolute Gasteiger partial charge is 0.321 e. The summed E-state index contributed by atoms with van der Waals surface area (Å²) in [5.74, 6) is -0.494. The van der Waals surface area contributed by atoms with Gasteiger partial charge in [0, 0.05) is 0 Å². The van der Waals surface area contributed by atoms with Crippen LogP contribution in [0.1, 0.15) is 20.4 Å². The zero-order chi connectivity index (χ0) is 14.7. The van der Waals surface area contributed by atoms with Crippen molar-refractivity contribution in [3.05, 3.63) is 24.3 Å². The number of alkyl halides is 2. The average molecular weight is 300 g/mol. The van der Waals surface area contributed by atoms with E-state index in [2.05, 4.69) is 4.98 Å². The number of benzene rings is 1. The highest BCUT2D eigenvalue weighted by atomic mass is 32.2. The Balaban J connectivity index is 2.21. The van der Waals surface area contributed by atoms with Crippen molar-refractivity contribution in [1.82, 2.24) is 9.55 Å². The molecule has 0 radical (unpaired) electrons. The molecule has 0 aliphatic carbocycles. The lowest BCUT2D eigenvalue weighted by Gasteiger charge is -2.09. The molecule has 0 saturated heterocycles. The molecule has 0 fully saturated rings. The van der Waals surface area contributed by atoms with Crippen molar-refractivity contribution in [2.45, 2.75) is 31.7 Å². The molecule has 0 bridgehead atoms. The standard InChI is InChI=1S/C13H14F2N2O2S/c1-8(2)19-11(18)7-20-13-16-9-5-3-4-6-10(9)17(13)12(14)15/h3-6,8,12H,7H2,1-2H3. The summed E-state index contributed by atoms with van der Waals surface area (Å²) in [6.45, 7) is 0.763. The average Bonchev–Trinajstić information content (AvgIpc) is 2.73. The molecular weight excluding hydrogens is 286 g/mol. The van der Waals surface area contributed by atoms with Gasteiger partial charge in [-0.1, -0.05) is 23.9 Å². The van der Waals surface area contributed by atoms with Crippen LogP contribution in [-0.2, 0) is 9.53 Å². The fourth-order valence-corrected chi connectivity index (χ4v) is 2.53. The Morgan fingerprint density at radius 3 is 2.75 bits per heavy atom. The predicted octanol–water partition coefficient (Wildman–Crippen LogP) is 3.48. The van der Waals surface area contributed by atoms with Gasteiger partial charge < -0.3 is 4.74 Å². The Hall–Kier alpha value is -1.63. The Kier molecular flexibility index (Phi) is 4.59. The number of rotatable bonds is 5. The summed E-state index contributed by atoms with van der Waals surface area (Å²) >= 11 is 0.949. The highest BCUT2D eigenvalue weighted by molar-refractivity contribution is 7.99. The van der Waals surface area contributed by atoms with Crippen molar-refractivity contribution >= 4 is 28.8 Å². The van der Waals surface area contributed by atoms with Crippen LogP contribution >= 0.6 is 11.8 Å². The van der Waals surface area contributed by atoms with E-state index in [0.717, 1.165) is 16.3 Å². The highest BCUT2D eigenvalue weighted by Crippen LogP contribution is 2.29. The van der Waals surface area contributed by atoms with E-state index in [1.54, 1.807) is 38.1 Å². The number of imidazole rings is 1. The van der Waals surface area contributed by atoms with Crippen LogP contribution in [0.2, 0.25) is 0 Å². The summed E-state index contributed by atoms with van der Waals surface area (Å²) in [6, 6.07) is 6.63. The molecule has 1 aromatic heterocycles. The summed E-state index contributed by atoms with van der Waals surface area (Å²) < 4.78 is 32.0. The molecule has 2 rings (SSSR count). The molecule has 0 aliphatic heterocycles. The first kappa shape index (κ1) is 14.8. The van der Waals surface area contributed by atoms with E-state index in [0.29, 0.717) is 11.0 Å². The summed E-state index contributed by atoms with van der Waals surface area (Å²) in [5, 5.41) is 0.113. The van der Waals surface area contributed by atoms with E-state index in [9.17, 15) is 13.6 Å². The number of hydrogen-bond acceptors (Lipinski definition) is 4. The Labute approximate surface area is 119 Å². The van der Waals surface area contributed by atoms with E-state index < -0.39 is 12.5 Å². The molecule has 0 aliphatic rings. The van der Waals surface area contributed by atoms with E-state index in [1.807, 2.05) is 0 Å². The van der Waals surface area contributed by atoms with Crippen LogP contribution in [0.5, 0.6) is 0 Å². The number of thioether (sulfide) groups is 1. The van der Waals surface area contributed by atoms with Gasteiger partial charge in [0.15, 0.2) is 5.16 Å². The summed E-state index contributed by atoms with van der Waals surface area (Å²) in [7, 11) is 0. The second kappa shape index (κ2) is 6.21. The molecule has 0 unspecified atom stereocenters. The van der Waals surface area contributed by atoms with Crippen LogP contribution in [0.4, 0.5) is 8.78 Å². The molecule has 4 nitrogen and oxygen atoms in total. The van der Waals surface area contributed by atoms with Gasteiger partial charge in [0.05, 0.1) is 22.9 Å². The zero-order valence-electron chi connectivity index (χ0n) is 11.0. The number of esters is 1. The number of aromatic nitrogens is 2. The van der Waals surface area contributed by atoms with Gasteiger partial charge in [-0.15, -0.1) is 0 Å². The minimum Gasteiger partial charge on any atom is -0.462 e. The maximum absolute atomic E-state index is 13.1. The topological polar surface area (TPSA) is 44.1 Å². The van der Waals surface area contributed by atoms with E-state index in [-0.39, 0.29) is 17.0 Å². The SMILES string of the molecule is CC(C)OC(=O)CSc1nc2ccccc2n1C(F)F. The lowest BCUT2D eigenvalue weighted by atomic mass is 10.3. The first-order valence-electron chi connectivity index (χ1n) is 6.06. The summed E-state index contributed by atoms with van der Waals surface area (Å²) in [6.07, 6.45) is -0.225. The molecule has 0 saturated carbocycles. The molecule has 7 heteroatoms. The molecule has 2 aromatic rings. The maximum Gasteiger partial charge on any atom is 0.321 e. The minimum atomic E-state index is -2.70. The predicted molar refractivity (Wildman–Crippen MR) is 72.9 cm³/mol. The van der Waals surface area contributed by atoms with E-state index in [1.165, 1.54) is 0 Å². The number of ether oxygens (including phenoxy) is 1. The molecule has 20 heavy (non-hydrogen) atoms. The van der Waals surface area contributed by atoms with E-state index >= 15 is 0 Å². The fourth-order valence-electron chi connectivity index (χ4n) is 1.73. The van der Waals surface area contributed by atoms with Crippen molar-refractivity contribution < 1.29 is 18.3 Å². The van der Waals surface area contributed by atoms with Gasteiger partial charge in [-0.25, -0.2) is 4.98 Å². The molecule has 0 atom stereocenters. The quantitative estimate of drug-likeness (QED) is 0.626. The van der Waals surface area contributed by atoms with Crippen LogP contribution in [-0.4, -0.2) is 27.4 Å². The highest BCUT2D eigenvalue weighted by Gasteiger charge is 2.19. The second-order valence-corrected chi connectivity index (χ2v) is 5.30. The third kappa shape index (κ3) is 3.27. The molecule has 108 valence electrons. The van der Waals surface area contributed by atoms with Gasteiger partial charge in [-0.05, 0) is 26.0 Å². The largest absolute Gasteiger partial charge is 0.462 e. The number of hydrogen-bond donors (Lipinski definition) is 0. The summed E-state index contributed by atoms with van der Waals surface area (Å²) in [5.41, 5.74) is 0.828. The van der Waals surface area contributed by atoms with Gasteiger partial charge in [0.1, 0.15) is 0 Å². The first-order valence-corrected chi connectivity index (χ1v) is 7.05. The maximum atomic E-state index is 13.1. The Bertz CT molecular complexity index is 613. The number of carbonyl (C=O) groups is 1. The number of para-hydroxylation sites is 2. The molecule has 1 aromatic carbocycles. The van der Waals surface area contributed by atoms with E-state index in [4.69, 9.17) is 4.74 Å². The first-order chi connectivity index (χ1) is 9.49. The summed E-state index contributed by atoms with van der Waals surface area (Å²) in [4.78, 5) is 15.6. The number of nitrogens with zero attached hydrogens (tertiary/aromatic N) is 2. The van der Waals surface area contributed by atoms with Gasteiger partial charge in [-0.3, -0.25) is 9.36 Å². The molecular formula is C13H14F2N2O2S. The van der Waals surface area contributed by atoms with Gasteiger partial charge in [-0.2, -0.15) is 8.78 Å². The van der Waals surface area contributed by atoms with Gasteiger partial charge in [0.2, 0.25) is 0 Å².